The number of phenols is 1. The van der Waals surface area contributed by atoms with Crippen LogP contribution in [-0.2, 0) is 16.4 Å². The van der Waals surface area contributed by atoms with Gasteiger partial charge in [0.2, 0.25) is 10.0 Å². The Kier molecular flexibility index (Phi) is 6.82. The molecule has 0 amide bonds. The van der Waals surface area contributed by atoms with Gasteiger partial charge in [0.15, 0.2) is 0 Å². The third-order valence-electron chi connectivity index (χ3n) is 7.71. The average Bonchev–Trinajstić information content (AvgIpc) is 3.46. The Balaban J connectivity index is 1.32. The van der Waals surface area contributed by atoms with Crippen LogP contribution in [0.1, 0.15) is 35.6 Å². The number of sulfonamides is 1. The summed E-state index contributed by atoms with van der Waals surface area (Å²) in [5.74, 6) is 0.966. The van der Waals surface area contributed by atoms with Crippen molar-refractivity contribution in [1.82, 2.24) is 9.21 Å². The monoisotopic (exact) mass is 528 g/mol. The van der Waals surface area contributed by atoms with Crippen molar-refractivity contribution in [3.05, 3.63) is 102 Å². The zero-order chi connectivity index (χ0) is 26.1. The first kappa shape index (κ1) is 24.9. The van der Waals surface area contributed by atoms with E-state index in [2.05, 4.69) is 4.90 Å². The molecule has 196 valence electrons. The molecule has 2 aliphatic rings. The number of rotatable bonds is 7. The Morgan fingerprint density at radius 3 is 2.39 bits per heavy atom. The predicted octanol–water partition coefficient (Wildman–Crippen LogP) is 5.36. The lowest BCUT2D eigenvalue weighted by Crippen LogP contribution is -2.40. The fourth-order valence-corrected chi connectivity index (χ4v) is 7.33. The highest BCUT2D eigenvalue weighted by Crippen LogP contribution is 2.40. The number of hydrogen-bond acceptors (Lipinski definition) is 5. The summed E-state index contributed by atoms with van der Waals surface area (Å²) in [6.07, 6.45) is 3.05. The first-order valence-electron chi connectivity index (χ1n) is 13.3. The highest BCUT2D eigenvalue weighted by Gasteiger charge is 2.37. The third kappa shape index (κ3) is 4.89. The second-order valence-corrected chi connectivity index (χ2v) is 12.0. The van der Waals surface area contributed by atoms with Crippen molar-refractivity contribution in [3.8, 4) is 11.5 Å². The molecule has 0 spiro atoms. The number of phenolic OH excluding ortho intramolecular Hbond substituents is 1. The van der Waals surface area contributed by atoms with Gasteiger partial charge in [-0.25, -0.2) is 8.42 Å². The Hall–Kier alpha value is -3.39. The normalized spacial score (nSPS) is 18.5. The molecule has 4 aromatic carbocycles. The topological polar surface area (TPSA) is 70.1 Å². The van der Waals surface area contributed by atoms with Gasteiger partial charge in [-0.05, 0) is 96.2 Å². The molecular formula is C31H32N2O4S. The van der Waals surface area contributed by atoms with Gasteiger partial charge < -0.3 is 9.84 Å². The maximum Gasteiger partial charge on any atom is 0.243 e. The van der Waals surface area contributed by atoms with Gasteiger partial charge in [0, 0.05) is 13.1 Å². The van der Waals surface area contributed by atoms with E-state index in [0.29, 0.717) is 19.6 Å². The number of aromatic hydroxyl groups is 1. The molecule has 2 aliphatic heterocycles. The van der Waals surface area contributed by atoms with E-state index < -0.39 is 16.1 Å². The van der Waals surface area contributed by atoms with Crippen LogP contribution in [-0.4, -0.2) is 55.5 Å². The van der Waals surface area contributed by atoms with Crippen molar-refractivity contribution < 1.29 is 18.3 Å². The van der Waals surface area contributed by atoms with Gasteiger partial charge in [0.05, 0.1) is 10.9 Å². The van der Waals surface area contributed by atoms with Crippen molar-refractivity contribution in [1.29, 1.82) is 0 Å². The molecule has 0 unspecified atom stereocenters. The minimum absolute atomic E-state index is 0.190. The molecule has 7 heteroatoms. The number of hydrogen-bond donors (Lipinski definition) is 1. The number of ether oxygens (including phenoxy) is 1. The molecule has 1 N–H and O–H groups in total. The Morgan fingerprint density at radius 2 is 1.61 bits per heavy atom. The lowest BCUT2D eigenvalue weighted by Gasteiger charge is -2.37. The van der Waals surface area contributed by atoms with Gasteiger partial charge in [-0.15, -0.1) is 0 Å². The maximum absolute atomic E-state index is 14.1. The first-order chi connectivity index (χ1) is 18.5. The standard InChI is InChI=1S/C31H32N2O4S/c34-27-10-14-30-26(21-27)15-18-33(38(35,36)29-13-9-23-5-1-2-6-25(23)22-29)31(30)24-7-11-28(12-8-24)37-20-19-32-16-3-4-17-32/h1-2,5-14,21-22,31,34H,3-4,15-20H2/t31-/m1/s1. The summed E-state index contributed by atoms with van der Waals surface area (Å²) < 4.78 is 35.7. The molecule has 0 radical (unpaired) electrons. The summed E-state index contributed by atoms with van der Waals surface area (Å²) >= 11 is 0. The van der Waals surface area contributed by atoms with E-state index in [1.807, 2.05) is 60.7 Å². The van der Waals surface area contributed by atoms with Gasteiger partial charge in [0.1, 0.15) is 18.1 Å². The summed E-state index contributed by atoms with van der Waals surface area (Å²) in [6, 6.07) is 25.6. The fraction of sp³-hybridized carbons (Fsp3) is 0.290. The Bertz CT molecular complexity index is 1550. The van der Waals surface area contributed by atoms with E-state index in [9.17, 15) is 13.5 Å². The van der Waals surface area contributed by atoms with E-state index >= 15 is 0 Å². The summed E-state index contributed by atoms with van der Waals surface area (Å²) in [5.41, 5.74) is 2.72. The molecule has 1 fully saturated rings. The maximum atomic E-state index is 14.1. The van der Waals surface area contributed by atoms with Crippen LogP contribution in [0.5, 0.6) is 11.5 Å². The molecule has 1 atom stereocenters. The van der Waals surface area contributed by atoms with Gasteiger partial charge in [-0.2, -0.15) is 4.31 Å². The lowest BCUT2D eigenvalue weighted by atomic mass is 9.89. The summed E-state index contributed by atoms with van der Waals surface area (Å²) in [6.45, 7) is 4.15. The first-order valence-corrected chi connectivity index (χ1v) is 14.7. The summed E-state index contributed by atoms with van der Waals surface area (Å²) in [4.78, 5) is 2.70. The quantitative estimate of drug-likeness (QED) is 0.350. The van der Waals surface area contributed by atoms with Crippen LogP contribution in [0.2, 0.25) is 0 Å². The van der Waals surface area contributed by atoms with Crippen LogP contribution >= 0.6 is 0 Å². The minimum atomic E-state index is -3.80. The highest BCUT2D eigenvalue weighted by atomic mass is 32.2. The van der Waals surface area contributed by atoms with E-state index in [1.165, 1.54) is 12.8 Å². The van der Waals surface area contributed by atoms with Crippen molar-refractivity contribution in [3.63, 3.8) is 0 Å². The largest absolute Gasteiger partial charge is 0.508 e. The average molecular weight is 529 g/mol. The van der Waals surface area contributed by atoms with E-state index in [4.69, 9.17) is 4.74 Å². The molecule has 0 aromatic heterocycles. The summed E-state index contributed by atoms with van der Waals surface area (Å²) in [5, 5.41) is 12.0. The Morgan fingerprint density at radius 1 is 0.842 bits per heavy atom. The zero-order valence-corrected chi connectivity index (χ0v) is 22.1. The van der Waals surface area contributed by atoms with E-state index in [0.717, 1.165) is 52.8 Å². The molecule has 0 saturated carbocycles. The number of nitrogens with zero attached hydrogens (tertiary/aromatic N) is 2. The number of likely N-dealkylation sites (tertiary alicyclic amines) is 1. The van der Waals surface area contributed by atoms with E-state index in [1.54, 1.807) is 28.6 Å². The lowest BCUT2D eigenvalue weighted by molar-refractivity contribution is 0.237. The highest BCUT2D eigenvalue weighted by molar-refractivity contribution is 7.89. The molecule has 1 saturated heterocycles. The minimum Gasteiger partial charge on any atom is -0.508 e. The van der Waals surface area contributed by atoms with Gasteiger partial charge in [0.25, 0.3) is 0 Å². The molecular weight excluding hydrogens is 496 g/mol. The number of benzene rings is 4. The predicted molar refractivity (Wildman–Crippen MR) is 149 cm³/mol. The van der Waals surface area contributed by atoms with Crippen LogP contribution in [0.25, 0.3) is 10.8 Å². The summed E-state index contributed by atoms with van der Waals surface area (Å²) in [7, 11) is -3.80. The molecule has 6 nitrogen and oxygen atoms in total. The van der Waals surface area contributed by atoms with Gasteiger partial charge in [-0.1, -0.05) is 48.5 Å². The second kappa shape index (κ2) is 10.4. The fourth-order valence-electron chi connectivity index (χ4n) is 5.70. The molecule has 6 rings (SSSR count). The second-order valence-electron chi connectivity index (χ2n) is 10.1. The number of fused-ring (bicyclic) bond motifs is 2. The van der Waals surface area contributed by atoms with Crippen LogP contribution in [0.4, 0.5) is 0 Å². The van der Waals surface area contributed by atoms with Crippen molar-refractivity contribution in [2.24, 2.45) is 0 Å². The molecule has 38 heavy (non-hydrogen) atoms. The molecule has 2 heterocycles. The van der Waals surface area contributed by atoms with Crippen molar-refractivity contribution in [2.75, 3.05) is 32.8 Å². The van der Waals surface area contributed by atoms with E-state index in [-0.39, 0.29) is 10.6 Å². The molecule has 4 aromatic rings. The SMILES string of the molecule is O=S(=O)(c1ccc2ccccc2c1)N1CCc2cc(O)ccc2[C@H]1c1ccc(OCCN2CCCC2)cc1. The van der Waals surface area contributed by atoms with Crippen LogP contribution in [0.3, 0.4) is 0 Å². The van der Waals surface area contributed by atoms with Crippen LogP contribution in [0, 0.1) is 0 Å². The van der Waals surface area contributed by atoms with Gasteiger partial charge >= 0.3 is 0 Å². The molecule has 0 aliphatic carbocycles. The Labute approximate surface area is 224 Å². The third-order valence-corrected chi connectivity index (χ3v) is 9.57. The molecule has 0 bridgehead atoms. The van der Waals surface area contributed by atoms with Gasteiger partial charge in [-0.3, -0.25) is 4.90 Å². The zero-order valence-electron chi connectivity index (χ0n) is 21.3. The van der Waals surface area contributed by atoms with Crippen LogP contribution in [0.15, 0.2) is 89.8 Å². The van der Waals surface area contributed by atoms with Crippen molar-refractivity contribution >= 4 is 20.8 Å². The van der Waals surface area contributed by atoms with Crippen LogP contribution < -0.4 is 4.74 Å². The smallest absolute Gasteiger partial charge is 0.243 e. The van der Waals surface area contributed by atoms with Crippen molar-refractivity contribution in [2.45, 2.75) is 30.2 Å².